The number of hydrogen-bond donors (Lipinski definition) is 2. The van der Waals surface area contributed by atoms with Gasteiger partial charge in [-0.15, -0.1) is 0 Å². The molecule has 1 aromatic carbocycles. The molecule has 3 fully saturated rings. The third kappa shape index (κ3) is 5.34. The first kappa shape index (κ1) is 22.6. The average Bonchev–Trinajstić information content (AvgIpc) is 3.00. The predicted octanol–water partition coefficient (Wildman–Crippen LogP) is 1.58. The van der Waals surface area contributed by atoms with Gasteiger partial charge in [-0.05, 0) is 31.0 Å². The van der Waals surface area contributed by atoms with Crippen molar-refractivity contribution < 1.29 is 32.6 Å². The highest BCUT2D eigenvalue weighted by Gasteiger charge is 2.39. The van der Waals surface area contributed by atoms with Gasteiger partial charge in [0, 0.05) is 39.0 Å². The second kappa shape index (κ2) is 9.25. The fourth-order valence-electron chi connectivity index (χ4n) is 4.61. The fraction of sp³-hybridized carbons (Fsp3) is 0.652. The van der Waals surface area contributed by atoms with Crippen LogP contribution in [-0.2, 0) is 9.47 Å². The number of alkyl halides is 2. The topological polar surface area (TPSA) is 89.1 Å². The molecule has 2 amide bonds. The maximum atomic E-state index is 14.4. The molecule has 2 N–H and O–H groups in total. The second-order valence-corrected chi connectivity index (χ2v) is 9.38. The van der Waals surface area contributed by atoms with Gasteiger partial charge in [-0.2, -0.15) is 0 Å². The molecule has 1 saturated carbocycles. The van der Waals surface area contributed by atoms with Gasteiger partial charge in [0.05, 0.1) is 36.0 Å². The van der Waals surface area contributed by atoms with Crippen molar-refractivity contribution >= 4 is 11.8 Å². The maximum Gasteiger partial charge on any atom is 0.283 e. The molecule has 0 atom stereocenters. The number of nitrogens with zero attached hydrogens (tertiary/aromatic N) is 1. The van der Waals surface area contributed by atoms with Crippen LogP contribution >= 0.6 is 0 Å². The van der Waals surface area contributed by atoms with E-state index in [9.17, 15) is 18.4 Å². The van der Waals surface area contributed by atoms with Gasteiger partial charge in [0.15, 0.2) is 0 Å². The molecular weight excluding hydrogens is 436 g/mol. The van der Waals surface area contributed by atoms with E-state index < -0.39 is 24.3 Å². The lowest BCUT2D eigenvalue weighted by Gasteiger charge is -2.38. The summed E-state index contributed by atoms with van der Waals surface area (Å²) >= 11 is 0. The van der Waals surface area contributed by atoms with E-state index in [0.29, 0.717) is 42.8 Å². The van der Waals surface area contributed by atoms with Crippen LogP contribution < -0.4 is 15.4 Å². The zero-order valence-electron chi connectivity index (χ0n) is 18.4. The minimum atomic E-state index is -2.91. The summed E-state index contributed by atoms with van der Waals surface area (Å²) < 4.78 is 46.1. The van der Waals surface area contributed by atoms with Gasteiger partial charge < -0.3 is 19.5 Å². The molecule has 0 unspecified atom stereocenters. The van der Waals surface area contributed by atoms with Crippen molar-refractivity contribution in [1.29, 1.82) is 0 Å². The van der Waals surface area contributed by atoms with Crippen LogP contribution in [-0.4, -0.2) is 86.4 Å². The van der Waals surface area contributed by atoms with Gasteiger partial charge in [-0.1, -0.05) is 0 Å². The van der Waals surface area contributed by atoms with E-state index >= 15 is 0 Å². The minimum absolute atomic E-state index is 0.160. The third-order valence-corrected chi connectivity index (χ3v) is 6.71. The highest BCUT2D eigenvalue weighted by molar-refractivity contribution is 6.21. The zero-order chi connectivity index (χ0) is 23.0. The second-order valence-electron chi connectivity index (χ2n) is 9.38. The summed E-state index contributed by atoms with van der Waals surface area (Å²) in [6.45, 7) is 2.10. The number of ether oxygens (including phenoxy) is 3. The maximum absolute atomic E-state index is 14.4. The van der Waals surface area contributed by atoms with Crippen LogP contribution in [0.25, 0.3) is 0 Å². The summed E-state index contributed by atoms with van der Waals surface area (Å²) in [6.07, 6.45) is 2.61. The van der Waals surface area contributed by atoms with Crippen molar-refractivity contribution in [2.45, 2.75) is 56.0 Å². The molecule has 1 aliphatic carbocycles. The molecule has 180 valence electrons. The SMILES string of the molecule is O=C1NC(=O)c2cc(O[C@H]3C[C@H](OCC(F)(F)CN4CCC(OC5CNC5)CC4)C3)ccc21. The number of amides is 2. The summed E-state index contributed by atoms with van der Waals surface area (Å²) in [5.41, 5.74) is 0.622. The number of carbonyl (C=O) groups excluding carboxylic acids is 2. The Hall–Kier alpha value is -2.14. The van der Waals surface area contributed by atoms with Crippen molar-refractivity contribution in [2.75, 3.05) is 39.3 Å². The van der Waals surface area contributed by atoms with Crippen LogP contribution in [0, 0.1) is 0 Å². The Kier molecular flexibility index (Phi) is 6.34. The number of piperidine rings is 1. The van der Waals surface area contributed by atoms with Crippen molar-refractivity contribution in [3.8, 4) is 5.75 Å². The van der Waals surface area contributed by atoms with Crippen LogP contribution in [0.5, 0.6) is 5.75 Å². The Balaban J connectivity index is 0.998. The number of carbonyl (C=O) groups is 2. The van der Waals surface area contributed by atoms with E-state index in [1.54, 1.807) is 17.0 Å². The number of nitrogens with one attached hydrogen (secondary N) is 2. The molecule has 2 saturated heterocycles. The molecule has 0 radical (unpaired) electrons. The van der Waals surface area contributed by atoms with Gasteiger partial charge in [0.2, 0.25) is 0 Å². The minimum Gasteiger partial charge on any atom is -0.490 e. The fourth-order valence-corrected chi connectivity index (χ4v) is 4.61. The van der Waals surface area contributed by atoms with Gasteiger partial charge >= 0.3 is 0 Å². The van der Waals surface area contributed by atoms with Crippen LogP contribution in [0.15, 0.2) is 18.2 Å². The van der Waals surface area contributed by atoms with Crippen molar-refractivity contribution in [3.05, 3.63) is 29.3 Å². The lowest BCUT2D eigenvalue weighted by molar-refractivity contribution is -0.147. The van der Waals surface area contributed by atoms with E-state index in [2.05, 4.69) is 10.6 Å². The number of likely N-dealkylation sites (tertiary alicyclic amines) is 1. The number of imide groups is 1. The molecule has 0 aromatic heterocycles. The highest BCUT2D eigenvalue weighted by atomic mass is 19.3. The largest absolute Gasteiger partial charge is 0.490 e. The monoisotopic (exact) mass is 465 g/mol. The van der Waals surface area contributed by atoms with Crippen molar-refractivity contribution in [1.82, 2.24) is 15.5 Å². The van der Waals surface area contributed by atoms with E-state index in [-0.39, 0.29) is 31.0 Å². The summed E-state index contributed by atoms with van der Waals surface area (Å²) in [7, 11) is 0. The Morgan fingerprint density at radius 2 is 1.70 bits per heavy atom. The van der Waals surface area contributed by atoms with E-state index in [1.165, 1.54) is 6.07 Å². The first-order valence-electron chi connectivity index (χ1n) is 11.6. The molecule has 1 aromatic rings. The number of halogens is 2. The van der Waals surface area contributed by atoms with Gasteiger partial charge in [0.1, 0.15) is 18.5 Å². The Bertz CT molecular complexity index is 896. The molecule has 4 aliphatic rings. The molecule has 8 nitrogen and oxygen atoms in total. The van der Waals surface area contributed by atoms with Crippen LogP contribution in [0.4, 0.5) is 8.78 Å². The Morgan fingerprint density at radius 1 is 0.970 bits per heavy atom. The smallest absolute Gasteiger partial charge is 0.283 e. The number of hydrogen-bond acceptors (Lipinski definition) is 7. The van der Waals surface area contributed by atoms with Gasteiger partial charge in [-0.3, -0.25) is 19.8 Å². The first-order chi connectivity index (χ1) is 15.8. The number of benzene rings is 1. The lowest BCUT2D eigenvalue weighted by Crippen LogP contribution is -2.52. The molecule has 3 heterocycles. The van der Waals surface area contributed by atoms with Crippen LogP contribution in [0.3, 0.4) is 0 Å². The highest BCUT2D eigenvalue weighted by Crippen LogP contribution is 2.31. The van der Waals surface area contributed by atoms with Crippen molar-refractivity contribution in [3.63, 3.8) is 0 Å². The molecule has 3 aliphatic heterocycles. The number of rotatable bonds is 9. The molecule has 33 heavy (non-hydrogen) atoms. The van der Waals surface area contributed by atoms with Crippen molar-refractivity contribution in [2.24, 2.45) is 0 Å². The predicted molar refractivity (Wildman–Crippen MR) is 114 cm³/mol. The summed E-state index contributed by atoms with van der Waals surface area (Å²) in [5.74, 6) is -3.28. The summed E-state index contributed by atoms with van der Waals surface area (Å²) in [4.78, 5) is 25.2. The number of fused-ring (bicyclic) bond motifs is 1. The molecule has 0 bridgehead atoms. The molecule has 5 rings (SSSR count). The quantitative estimate of drug-likeness (QED) is 0.536. The van der Waals surface area contributed by atoms with Crippen LogP contribution in [0.1, 0.15) is 46.4 Å². The normalized spacial score (nSPS) is 26.5. The van der Waals surface area contributed by atoms with E-state index in [4.69, 9.17) is 14.2 Å². The standard InChI is InChI=1S/C23H29F2N3O5/c24-23(25,12-28-5-3-14(4-6-28)32-18-10-26-11-18)13-31-16-7-17(8-16)33-15-1-2-19-20(9-15)22(30)27-21(19)29/h1-2,9,14,16-18,26H,3-8,10-13H2,(H,27,29,30)/t16-,17-. The first-order valence-corrected chi connectivity index (χ1v) is 11.6. The van der Waals surface area contributed by atoms with Gasteiger partial charge in [-0.25, -0.2) is 8.78 Å². The van der Waals surface area contributed by atoms with E-state index in [0.717, 1.165) is 25.9 Å². The lowest BCUT2D eigenvalue weighted by atomic mass is 9.92. The van der Waals surface area contributed by atoms with Gasteiger partial charge in [0.25, 0.3) is 17.7 Å². The molecule has 0 spiro atoms. The molecule has 10 heteroatoms. The Morgan fingerprint density at radius 3 is 2.39 bits per heavy atom. The third-order valence-electron chi connectivity index (χ3n) is 6.71. The summed E-state index contributed by atoms with van der Waals surface area (Å²) in [6, 6.07) is 4.73. The molecular formula is C23H29F2N3O5. The van der Waals surface area contributed by atoms with Crippen LogP contribution in [0.2, 0.25) is 0 Å². The zero-order valence-corrected chi connectivity index (χ0v) is 18.4. The average molecular weight is 465 g/mol. The van der Waals surface area contributed by atoms with E-state index in [1.807, 2.05) is 0 Å². The Labute approximate surface area is 190 Å². The summed E-state index contributed by atoms with van der Waals surface area (Å²) in [5, 5.41) is 5.40.